The zero-order chi connectivity index (χ0) is 21.1. The van der Waals surface area contributed by atoms with Crippen LogP contribution in [-0.2, 0) is 34.3 Å². The Labute approximate surface area is 161 Å². The summed E-state index contributed by atoms with van der Waals surface area (Å²) in [6.07, 6.45) is 0. The predicted octanol–water partition coefficient (Wildman–Crippen LogP) is -2.36. The van der Waals surface area contributed by atoms with Crippen LogP contribution in [0.3, 0.4) is 0 Å². The predicted molar refractivity (Wildman–Crippen MR) is 90.8 cm³/mol. The van der Waals surface area contributed by atoms with Crippen LogP contribution in [0.25, 0.3) is 0 Å². The highest BCUT2D eigenvalue weighted by molar-refractivity contribution is 7.84. The van der Waals surface area contributed by atoms with E-state index in [4.69, 9.17) is 15.5 Å². The molecule has 1 aromatic heterocycles. The molecule has 2 atom stereocenters. The van der Waals surface area contributed by atoms with E-state index < -0.39 is 52.5 Å². The number of nitrogen functional groups attached to an aromatic ring is 1. The van der Waals surface area contributed by atoms with Gasteiger partial charge in [-0.1, -0.05) is 5.16 Å². The number of nitriles is 1. The number of carbonyl (C=O) groups excluding carboxylic acids is 3. The number of thiazole rings is 1. The van der Waals surface area contributed by atoms with Crippen LogP contribution in [0.2, 0.25) is 0 Å². The van der Waals surface area contributed by atoms with Gasteiger partial charge in [-0.2, -0.15) is 18.0 Å². The number of nitrogens with two attached hydrogens (primary N) is 1. The van der Waals surface area contributed by atoms with Crippen molar-refractivity contribution in [3.63, 3.8) is 0 Å². The first-order chi connectivity index (χ1) is 13.1. The van der Waals surface area contributed by atoms with Crippen LogP contribution < -0.4 is 11.1 Å². The molecule has 1 aromatic rings. The Hall–Kier alpha value is -3.29. The van der Waals surface area contributed by atoms with Crippen LogP contribution >= 0.6 is 11.3 Å². The van der Waals surface area contributed by atoms with E-state index in [0.717, 1.165) is 18.4 Å². The number of hydrogen-bond donors (Lipinski definition) is 3. The van der Waals surface area contributed by atoms with Gasteiger partial charge in [0.25, 0.3) is 11.8 Å². The van der Waals surface area contributed by atoms with E-state index in [0.29, 0.717) is 0 Å². The van der Waals surface area contributed by atoms with E-state index in [-0.39, 0.29) is 15.1 Å². The van der Waals surface area contributed by atoms with Gasteiger partial charge in [-0.15, -0.1) is 11.3 Å². The van der Waals surface area contributed by atoms with Crippen LogP contribution in [0.15, 0.2) is 10.5 Å². The number of β-lactam (4-membered cyclic amide) rings is 1. The summed E-state index contributed by atoms with van der Waals surface area (Å²) in [5.74, 6) is -3.55. The molecule has 28 heavy (non-hydrogen) atoms. The second-order valence-electron chi connectivity index (χ2n) is 4.97. The molecule has 0 aliphatic carbocycles. The monoisotopic (exact) mass is 432 g/mol. The Kier molecular flexibility index (Phi) is 6.12. The summed E-state index contributed by atoms with van der Waals surface area (Å²) >= 11 is 0.965. The standard InChI is InChI=1S/C12H12N6O8S2/c1-25-11(21)8-7(10(20)18(8)28(22,23)24)16-9(19)6(17-26-3-2-13)5-4-27-12(14)15-5/h4,7-8H,3H2,1H3,(H2,14,15)(H,16,19)(H,22,23,24)/t7-,8-/m1/s1. The molecule has 1 fully saturated rings. The summed E-state index contributed by atoms with van der Waals surface area (Å²) in [5.41, 5.74) is 4.96. The number of oxime groups is 1. The van der Waals surface area contributed by atoms with Crippen molar-refractivity contribution < 1.29 is 36.9 Å². The molecular weight excluding hydrogens is 420 g/mol. The third-order valence-corrected chi connectivity index (χ3v) is 4.87. The minimum Gasteiger partial charge on any atom is -0.467 e. The van der Waals surface area contributed by atoms with Crippen LogP contribution in [0.5, 0.6) is 0 Å². The zero-order valence-electron chi connectivity index (χ0n) is 13.9. The second-order valence-corrected chi connectivity index (χ2v) is 7.15. The SMILES string of the molecule is COC(=O)[C@H]1[C@@H](NC(=O)C(=NOCC#N)c2csc(N)n2)C(=O)N1S(=O)(=O)O. The van der Waals surface area contributed by atoms with E-state index in [9.17, 15) is 22.8 Å². The number of esters is 1. The van der Waals surface area contributed by atoms with Crippen molar-refractivity contribution in [3.8, 4) is 6.07 Å². The lowest BCUT2D eigenvalue weighted by Gasteiger charge is -2.41. The van der Waals surface area contributed by atoms with Crippen LogP contribution in [-0.4, -0.2) is 71.6 Å². The van der Waals surface area contributed by atoms with Gasteiger partial charge in [0.05, 0.1) is 7.11 Å². The number of nitrogens with one attached hydrogen (secondary N) is 1. The highest BCUT2D eigenvalue weighted by Gasteiger charge is 2.58. The molecule has 0 bridgehead atoms. The maximum absolute atomic E-state index is 12.5. The summed E-state index contributed by atoms with van der Waals surface area (Å²) in [4.78, 5) is 44.7. The molecule has 14 nitrogen and oxygen atoms in total. The van der Waals surface area contributed by atoms with E-state index >= 15 is 0 Å². The minimum absolute atomic E-state index is 0.0500. The number of carbonyl (C=O) groups is 3. The molecule has 1 aliphatic heterocycles. The van der Waals surface area contributed by atoms with Gasteiger partial charge in [-0.3, -0.25) is 14.1 Å². The summed E-state index contributed by atoms with van der Waals surface area (Å²) in [6.45, 7) is -0.500. The van der Waals surface area contributed by atoms with E-state index in [1.807, 2.05) is 0 Å². The van der Waals surface area contributed by atoms with Crippen molar-refractivity contribution in [2.24, 2.45) is 5.16 Å². The van der Waals surface area contributed by atoms with Gasteiger partial charge >= 0.3 is 16.3 Å². The molecule has 1 aliphatic rings. The Balaban J connectivity index is 2.29. The summed E-state index contributed by atoms with van der Waals surface area (Å²) < 4.78 is 35.8. The van der Waals surface area contributed by atoms with E-state index in [2.05, 4.69) is 25.0 Å². The topological polar surface area (TPSA) is 214 Å². The second kappa shape index (κ2) is 8.16. The minimum atomic E-state index is -5.06. The molecule has 0 unspecified atom stereocenters. The van der Waals surface area contributed by atoms with Crippen molar-refractivity contribution >= 4 is 50.3 Å². The molecule has 0 radical (unpaired) electrons. The number of amides is 2. The maximum Gasteiger partial charge on any atom is 0.363 e. The Morgan fingerprint density at radius 3 is 2.75 bits per heavy atom. The third kappa shape index (κ3) is 4.16. The zero-order valence-corrected chi connectivity index (χ0v) is 15.6. The Bertz CT molecular complexity index is 980. The van der Waals surface area contributed by atoms with Crippen molar-refractivity contribution in [3.05, 3.63) is 11.1 Å². The normalized spacial score (nSPS) is 19.4. The molecule has 0 saturated carbocycles. The average Bonchev–Trinajstić information content (AvgIpc) is 3.04. The molecule has 150 valence electrons. The van der Waals surface area contributed by atoms with Crippen molar-refractivity contribution in [1.82, 2.24) is 14.6 Å². The molecular formula is C12H12N6O8S2. The quantitative estimate of drug-likeness (QED) is 0.103. The number of hydrogen-bond acceptors (Lipinski definition) is 12. The van der Waals surface area contributed by atoms with Crippen LogP contribution in [0.4, 0.5) is 5.13 Å². The van der Waals surface area contributed by atoms with Gasteiger partial charge < -0.3 is 20.6 Å². The number of rotatable bonds is 7. The highest BCUT2D eigenvalue weighted by atomic mass is 32.2. The highest BCUT2D eigenvalue weighted by Crippen LogP contribution is 2.25. The molecule has 2 amide bonds. The number of anilines is 1. The van der Waals surface area contributed by atoms with Crippen molar-refractivity contribution in [2.45, 2.75) is 12.1 Å². The van der Waals surface area contributed by atoms with Gasteiger partial charge in [0.1, 0.15) is 17.8 Å². The molecule has 2 rings (SSSR count). The van der Waals surface area contributed by atoms with Crippen molar-refractivity contribution in [2.75, 3.05) is 19.5 Å². The Morgan fingerprint density at radius 2 is 2.25 bits per heavy atom. The molecule has 1 saturated heterocycles. The van der Waals surface area contributed by atoms with Gasteiger partial charge in [-0.25, -0.2) is 9.78 Å². The summed E-state index contributed by atoms with van der Waals surface area (Å²) in [5, 5.41) is 15.5. The number of aromatic nitrogens is 1. The molecule has 4 N–H and O–H groups in total. The number of nitrogens with zero attached hydrogens (tertiary/aromatic N) is 4. The molecule has 2 heterocycles. The maximum atomic E-state index is 12.5. The van der Waals surface area contributed by atoms with Crippen LogP contribution in [0, 0.1) is 11.3 Å². The fourth-order valence-corrected chi connectivity index (χ4v) is 3.53. The first kappa shape index (κ1) is 21.0. The van der Waals surface area contributed by atoms with Gasteiger partial charge in [-0.05, 0) is 0 Å². The smallest absolute Gasteiger partial charge is 0.363 e. The summed E-state index contributed by atoms with van der Waals surface area (Å²) in [6, 6.07) is -1.87. The Morgan fingerprint density at radius 1 is 1.57 bits per heavy atom. The van der Waals surface area contributed by atoms with Crippen LogP contribution in [0.1, 0.15) is 5.69 Å². The number of ether oxygens (including phenoxy) is 1. The van der Waals surface area contributed by atoms with Crippen molar-refractivity contribution in [1.29, 1.82) is 5.26 Å². The largest absolute Gasteiger partial charge is 0.467 e. The number of methoxy groups -OCH3 is 1. The van der Waals surface area contributed by atoms with E-state index in [1.54, 1.807) is 6.07 Å². The summed E-state index contributed by atoms with van der Waals surface area (Å²) in [7, 11) is -4.14. The average molecular weight is 432 g/mol. The van der Waals surface area contributed by atoms with Gasteiger partial charge in [0.15, 0.2) is 16.9 Å². The fourth-order valence-electron chi connectivity index (χ4n) is 2.15. The fraction of sp³-hybridized carbons (Fsp3) is 0.333. The lowest BCUT2D eigenvalue weighted by Crippen LogP contribution is -2.74. The molecule has 0 spiro atoms. The molecule has 0 aromatic carbocycles. The third-order valence-electron chi connectivity index (χ3n) is 3.29. The lowest BCUT2D eigenvalue weighted by molar-refractivity contribution is -0.162. The first-order valence-corrected chi connectivity index (χ1v) is 9.37. The molecule has 16 heteroatoms. The van der Waals surface area contributed by atoms with Gasteiger partial charge in [0, 0.05) is 5.38 Å². The van der Waals surface area contributed by atoms with Gasteiger partial charge in [0.2, 0.25) is 6.61 Å². The van der Waals surface area contributed by atoms with E-state index in [1.165, 1.54) is 5.38 Å². The first-order valence-electron chi connectivity index (χ1n) is 7.09. The lowest BCUT2D eigenvalue weighted by atomic mass is 9.98.